The molecule has 3 N–H and O–H groups in total. The van der Waals surface area contributed by atoms with Gasteiger partial charge in [-0.25, -0.2) is 0 Å². The van der Waals surface area contributed by atoms with Crippen LogP contribution in [0, 0.1) is 6.92 Å². The molecule has 17 heavy (non-hydrogen) atoms. The number of nitrogens with two attached hydrogens (primary N) is 1. The molecule has 1 heterocycles. The van der Waals surface area contributed by atoms with Gasteiger partial charge in [0.05, 0.1) is 5.54 Å². The Labute approximate surface area is 102 Å². The Kier molecular flexibility index (Phi) is 4.69. The Bertz CT molecular complexity index is 374. The Balaban J connectivity index is 2.61. The van der Waals surface area contributed by atoms with Gasteiger partial charge in [-0.15, -0.1) is 0 Å². The number of amides is 1. The van der Waals surface area contributed by atoms with Crippen LogP contribution < -0.4 is 11.1 Å². The molecule has 1 amide bonds. The number of nitrogens with zero attached hydrogens (tertiary/aromatic N) is 2. The largest absolute Gasteiger partial charge is 0.368 e. The van der Waals surface area contributed by atoms with E-state index in [1.165, 1.54) is 0 Å². The third-order valence-electron chi connectivity index (χ3n) is 3.06. The zero-order valence-electron chi connectivity index (χ0n) is 10.9. The van der Waals surface area contributed by atoms with Crippen LogP contribution in [0.4, 0.5) is 0 Å². The van der Waals surface area contributed by atoms with Crippen molar-refractivity contribution in [1.29, 1.82) is 0 Å². The van der Waals surface area contributed by atoms with Crippen LogP contribution in [0.15, 0.2) is 12.3 Å². The lowest BCUT2D eigenvalue weighted by Gasteiger charge is -2.27. The van der Waals surface area contributed by atoms with Crippen molar-refractivity contribution >= 4 is 5.91 Å². The third kappa shape index (κ3) is 3.56. The van der Waals surface area contributed by atoms with Crippen LogP contribution in [0.2, 0.25) is 0 Å². The summed E-state index contributed by atoms with van der Waals surface area (Å²) in [4.78, 5) is 11.5. The Hall–Kier alpha value is -1.36. The van der Waals surface area contributed by atoms with E-state index in [1.54, 1.807) is 6.20 Å². The van der Waals surface area contributed by atoms with Gasteiger partial charge in [0.2, 0.25) is 5.91 Å². The second kappa shape index (κ2) is 5.82. The maximum atomic E-state index is 11.5. The smallest absolute Gasteiger partial charge is 0.237 e. The highest BCUT2D eigenvalue weighted by Crippen LogP contribution is 2.11. The first kappa shape index (κ1) is 13.7. The Morgan fingerprint density at radius 1 is 1.65 bits per heavy atom. The third-order valence-corrected chi connectivity index (χ3v) is 3.06. The van der Waals surface area contributed by atoms with E-state index in [2.05, 4.69) is 17.3 Å². The molecular weight excluding hydrogens is 216 g/mol. The van der Waals surface area contributed by atoms with Gasteiger partial charge in [0.25, 0.3) is 0 Å². The molecule has 5 heteroatoms. The molecule has 1 aromatic rings. The number of carbonyl (C=O) groups excluding carboxylic acids is 1. The summed E-state index contributed by atoms with van der Waals surface area (Å²) in [5.41, 5.74) is 5.89. The number of hydrogen-bond acceptors (Lipinski definition) is 3. The minimum absolute atomic E-state index is 0.309. The van der Waals surface area contributed by atoms with E-state index in [0.29, 0.717) is 13.0 Å². The van der Waals surface area contributed by atoms with Crippen molar-refractivity contribution in [3.05, 3.63) is 18.0 Å². The summed E-state index contributed by atoms with van der Waals surface area (Å²) in [7, 11) is 0. The molecule has 1 rings (SSSR count). The maximum absolute atomic E-state index is 11.5. The van der Waals surface area contributed by atoms with Crippen LogP contribution >= 0.6 is 0 Å². The van der Waals surface area contributed by atoms with Crippen LogP contribution in [-0.2, 0) is 11.3 Å². The van der Waals surface area contributed by atoms with E-state index in [1.807, 2.05) is 24.6 Å². The van der Waals surface area contributed by atoms with Crippen molar-refractivity contribution in [3.8, 4) is 0 Å². The zero-order valence-corrected chi connectivity index (χ0v) is 10.9. The second-order valence-corrected chi connectivity index (χ2v) is 4.57. The zero-order chi connectivity index (χ0) is 12.9. The molecule has 96 valence electrons. The second-order valence-electron chi connectivity index (χ2n) is 4.57. The van der Waals surface area contributed by atoms with Gasteiger partial charge in [-0.2, -0.15) is 5.10 Å². The van der Waals surface area contributed by atoms with Crippen LogP contribution in [0.25, 0.3) is 0 Å². The first-order valence-electron chi connectivity index (χ1n) is 6.03. The van der Waals surface area contributed by atoms with Crippen LogP contribution in [-0.4, -0.2) is 27.8 Å². The summed E-state index contributed by atoms with van der Waals surface area (Å²) in [6, 6.07) is 1.95. The standard InChI is InChI=1S/C12H22N4O/c1-4-7-14-12(3,11(13)17)6-9-16-10(2)5-8-15-16/h5,8,14H,4,6-7,9H2,1-3H3,(H2,13,17). The number of nitrogens with one attached hydrogen (secondary N) is 1. The number of aryl methyl sites for hydroxylation is 2. The molecule has 1 aromatic heterocycles. The molecule has 0 aliphatic carbocycles. The van der Waals surface area contributed by atoms with Crippen LogP contribution in [0.1, 0.15) is 32.4 Å². The normalized spacial score (nSPS) is 14.5. The molecule has 0 saturated heterocycles. The van der Waals surface area contributed by atoms with Gasteiger partial charge in [-0.05, 0) is 39.3 Å². The highest BCUT2D eigenvalue weighted by molar-refractivity contribution is 5.84. The maximum Gasteiger partial charge on any atom is 0.237 e. The molecule has 5 nitrogen and oxygen atoms in total. The highest BCUT2D eigenvalue weighted by atomic mass is 16.1. The predicted octanol–water partition coefficient (Wildman–Crippen LogP) is 0.825. The van der Waals surface area contributed by atoms with Gasteiger partial charge < -0.3 is 11.1 Å². The van der Waals surface area contributed by atoms with Crippen molar-refractivity contribution in [3.63, 3.8) is 0 Å². The van der Waals surface area contributed by atoms with E-state index in [0.717, 1.165) is 18.7 Å². The minimum Gasteiger partial charge on any atom is -0.368 e. The van der Waals surface area contributed by atoms with E-state index in [4.69, 9.17) is 5.73 Å². The van der Waals surface area contributed by atoms with Crippen molar-refractivity contribution in [2.45, 2.75) is 45.7 Å². The number of carbonyl (C=O) groups is 1. The predicted molar refractivity (Wildman–Crippen MR) is 67.5 cm³/mol. The SMILES string of the molecule is CCCNC(C)(CCn1nccc1C)C(N)=O. The molecule has 0 saturated carbocycles. The number of aromatic nitrogens is 2. The Morgan fingerprint density at radius 3 is 2.82 bits per heavy atom. The molecule has 0 aromatic carbocycles. The van der Waals surface area contributed by atoms with Gasteiger partial charge in [0.15, 0.2) is 0 Å². The Morgan fingerprint density at radius 2 is 2.35 bits per heavy atom. The molecular formula is C12H22N4O. The van der Waals surface area contributed by atoms with Gasteiger partial charge in [-0.1, -0.05) is 6.92 Å². The minimum atomic E-state index is -0.658. The summed E-state index contributed by atoms with van der Waals surface area (Å²) < 4.78 is 1.88. The molecule has 0 radical (unpaired) electrons. The summed E-state index contributed by atoms with van der Waals surface area (Å²) in [5, 5.41) is 7.41. The number of primary amides is 1. The molecule has 1 unspecified atom stereocenters. The molecule has 0 spiro atoms. The first-order valence-corrected chi connectivity index (χ1v) is 6.03. The average Bonchev–Trinajstić information content (AvgIpc) is 2.69. The molecule has 0 fully saturated rings. The van der Waals surface area contributed by atoms with E-state index in [-0.39, 0.29) is 5.91 Å². The van der Waals surface area contributed by atoms with Crippen molar-refractivity contribution in [2.24, 2.45) is 5.73 Å². The summed E-state index contributed by atoms with van der Waals surface area (Å²) >= 11 is 0. The van der Waals surface area contributed by atoms with E-state index >= 15 is 0 Å². The molecule has 0 aliphatic rings. The fraction of sp³-hybridized carbons (Fsp3) is 0.667. The van der Waals surface area contributed by atoms with Gasteiger partial charge >= 0.3 is 0 Å². The van der Waals surface area contributed by atoms with Gasteiger partial charge in [0.1, 0.15) is 0 Å². The molecule has 0 bridgehead atoms. The number of hydrogen-bond donors (Lipinski definition) is 2. The summed E-state index contributed by atoms with van der Waals surface area (Å²) in [6.07, 6.45) is 3.38. The highest BCUT2D eigenvalue weighted by Gasteiger charge is 2.29. The average molecular weight is 238 g/mol. The lowest BCUT2D eigenvalue weighted by molar-refractivity contribution is -0.124. The lowest BCUT2D eigenvalue weighted by atomic mass is 9.96. The topological polar surface area (TPSA) is 72.9 Å². The van der Waals surface area contributed by atoms with Gasteiger partial charge in [-0.3, -0.25) is 9.48 Å². The van der Waals surface area contributed by atoms with Crippen LogP contribution in [0.5, 0.6) is 0 Å². The van der Waals surface area contributed by atoms with E-state index in [9.17, 15) is 4.79 Å². The number of rotatable bonds is 7. The molecule has 1 atom stereocenters. The summed E-state index contributed by atoms with van der Waals surface area (Å²) in [6.45, 7) is 7.39. The first-order chi connectivity index (χ1) is 7.99. The monoisotopic (exact) mass is 238 g/mol. The van der Waals surface area contributed by atoms with Gasteiger partial charge in [0, 0.05) is 18.4 Å². The van der Waals surface area contributed by atoms with Crippen LogP contribution in [0.3, 0.4) is 0 Å². The summed E-state index contributed by atoms with van der Waals surface area (Å²) in [5.74, 6) is -0.309. The lowest BCUT2D eigenvalue weighted by Crippen LogP contribution is -2.53. The van der Waals surface area contributed by atoms with Crippen molar-refractivity contribution in [1.82, 2.24) is 15.1 Å². The fourth-order valence-electron chi connectivity index (χ4n) is 1.66. The fourth-order valence-corrected chi connectivity index (χ4v) is 1.66. The van der Waals surface area contributed by atoms with E-state index < -0.39 is 5.54 Å². The molecule has 0 aliphatic heterocycles. The van der Waals surface area contributed by atoms with Crippen molar-refractivity contribution < 1.29 is 4.79 Å². The quantitative estimate of drug-likeness (QED) is 0.739. The van der Waals surface area contributed by atoms with Crippen molar-refractivity contribution in [2.75, 3.05) is 6.54 Å².